The minimum Gasteiger partial charge on any atom is -0.308 e. The van der Waals surface area contributed by atoms with Crippen LogP contribution in [0.2, 0.25) is 0 Å². The van der Waals surface area contributed by atoms with Gasteiger partial charge in [0, 0.05) is 17.4 Å². The molecular formula is C8H9NS. The molecule has 0 spiro atoms. The Morgan fingerprint density at radius 3 is 3.00 bits per heavy atom. The van der Waals surface area contributed by atoms with Crippen LogP contribution in [0.3, 0.4) is 0 Å². The quantitative estimate of drug-likeness (QED) is 0.572. The second kappa shape index (κ2) is 3.38. The molecule has 1 atom stereocenters. The molecule has 0 aliphatic rings. The smallest absolute Gasteiger partial charge is 0.249 e. The van der Waals surface area contributed by atoms with Gasteiger partial charge in [0.25, 0.3) is 0 Å². The molecule has 0 aliphatic heterocycles. The van der Waals surface area contributed by atoms with Crippen LogP contribution >= 0.6 is 11.3 Å². The second-order valence-electron chi connectivity index (χ2n) is 2.11. The normalized spacial score (nSPS) is 12.4. The Morgan fingerprint density at radius 1 is 1.80 bits per heavy atom. The van der Waals surface area contributed by atoms with Crippen molar-refractivity contribution in [3.05, 3.63) is 33.8 Å². The van der Waals surface area contributed by atoms with Crippen LogP contribution in [0, 0.1) is 6.57 Å². The fourth-order valence-corrected chi connectivity index (χ4v) is 1.57. The average Bonchev–Trinajstić information content (AvgIpc) is 2.43. The van der Waals surface area contributed by atoms with E-state index in [-0.39, 0.29) is 6.04 Å². The van der Waals surface area contributed by atoms with Crippen molar-refractivity contribution in [3.8, 4) is 0 Å². The van der Waals surface area contributed by atoms with Crippen LogP contribution in [0.1, 0.15) is 24.9 Å². The Balaban J connectivity index is 2.76. The molecule has 1 rings (SSSR count). The van der Waals surface area contributed by atoms with Gasteiger partial charge >= 0.3 is 0 Å². The molecule has 0 N–H and O–H groups in total. The lowest BCUT2D eigenvalue weighted by molar-refractivity contribution is 0.804. The standard InChI is InChI=1S/C8H9NS/c1-3-8(9-2)7-4-5-10-6-7/h4-6,8H,3H2,1H3. The Bertz CT molecular complexity index is 220. The molecular weight excluding hydrogens is 142 g/mol. The number of rotatable bonds is 2. The molecule has 1 heterocycles. The summed E-state index contributed by atoms with van der Waals surface area (Å²) in [6, 6.07) is 2.11. The molecule has 0 saturated heterocycles. The number of hydrogen-bond acceptors (Lipinski definition) is 1. The van der Waals surface area contributed by atoms with Gasteiger partial charge in [-0.1, -0.05) is 6.92 Å². The van der Waals surface area contributed by atoms with Crippen LogP contribution in [-0.4, -0.2) is 0 Å². The van der Waals surface area contributed by atoms with Gasteiger partial charge < -0.3 is 4.85 Å². The molecule has 1 aromatic rings. The molecule has 0 radical (unpaired) electrons. The van der Waals surface area contributed by atoms with Gasteiger partial charge in [0.05, 0.1) is 0 Å². The molecule has 1 nitrogen and oxygen atoms in total. The zero-order chi connectivity index (χ0) is 7.40. The maximum Gasteiger partial charge on any atom is 0.249 e. The first kappa shape index (κ1) is 7.30. The van der Waals surface area contributed by atoms with Crippen molar-refractivity contribution in [2.75, 3.05) is 0 Å². The minimum atomic E-state index is 0.0891. The predicted molar refractivity (Wildman–Crippen MR) is 44.0 cm³/mol. The highest BCUT2D eigenvalue weighted by atomic mass is 32.1. The summed E-state index contributed by atoms with van der Waals surface area (Å²) < 4.78 is 0. The van der Waals surface area contributed by atoms with Crippen molar-refractivity contribution in [2.45, 2.75) is 19.4 Å². The molecule has 0 amide bonds. The highest BCUT2D eigenvalue weighted by Gasteiger charge is 2.11. The highest BCUT2D eigenvalue weighted by molar-refractivity contribution is 7.07. The van der Waals surface area contributed by atoms with Gasteiger partial charge in [-0.2, -0.15) is 11.3 Å². The summed E-state index contributed by atoms with van der Waals surface area (Å²) in [5, 5.41) is 4.06. The lowest BCUT2D eigenvalue weighted by Crippen LogP contribution is -1.85. The van der Waals surface area contributed by atoms with Gasteiger partial charge in [-0.25, -0.2) is 6.57 Å². The van der Waals surface area contributed by atoms with E-state index >= 15 is 0 Å². The van der Waals surface area contributed by atoms with Gasteiger partial charge in [0.2, 0.25) is 6.04 Å². The number of hydrogen-bond donors (Lipinski definition) is 0. The van der Waals surface area contributed by atoms with Crippen molar-refractivity contribution in [3.63, 3.8) is 0 Å². The third kappa shape index (κ3) is 1.37. The van der Waals surface area contributed by atoms with Crippen molar-refractivity contribution < 1.29 is 0 Å². The average molecular weight is 151 g/mol. The Hall–Kier alpha value is -0.810. The minimum absolute atomic E-state index is 0.0891. The zero-order valence-corrected chi connectivity index (χ0v) is 6.69. The van der Waals surface area contributed by atoms with Gasteiger partial charge in [0.15, 0.2) is 0 Å². The monoisotopic (exact) mass is 151 g/mol. The topological polar surface area (TPSA) is 4.36 Å². The first-order chi connectivity index (χ1) is 4.88. The first-order valence-corrected chi connectivity index (χ1v) is 4.21. The Morgan fingerprint density at radius 2 is 2.60 bits per heavy atom. The van der Waals surface area contributed by atoms with Crippen molar-refractivity contribution >= 4 is 11.3 Å². The Kier molecular flexibility index (Phi) is 2.47. The Labute approximate surface area is 65.1 Å². The highest BCUT2D eigenvalue weighted by Crippen LogP contribution is 2.22. The van der Waals surface area contributed by atoms with Crippen LogP contribution in [0.5, 0.6) is 0 Å². The fourth-order valence-electron chi connectivity index (χ4n) is 0.866. The summed E-state index contributed by atoms with van der Waals surface area (Å²) in [6.07, 6.45) is 0.917. The molecule has 2 heteroatoms. The summed E-state index contributed by atoms with van der Waals surface area (Å²) in [5.74, 6) is 0. The van der Waals surface area contributed by atoms with E-state index in [0.29, 0.717) is 0 Å². The zero-order valence-electron chi connectivity index (χ0n) is 5.87. The van der Waals surface area contributed by atoms with Gasteiger partial charge in [-0.3, -0.25) is 0 Å². The van der Waals surface area contributed by atoms with Crippen LogP contribution in [0.15, 0.2) is 16.8 Å². The van der Waals surface area contributed by atoms with Crippen molar-refractivity contribution in [1.82, 2.24) is 0 Å². The maximum atomic E-state index is 6.87. The maximum absolute atomic E-state index is 6.87. The van der Waals surface area contributed by atoms with E-state index in [1.807, 2.05) is 23.8 Å². The number of thiophene rings is 1. The second-order valence-corrected chi connectivity index (χ2v) is 2.89. The van der Waals surface area contributed by atoms with Crippen LogP contribution in [0.25, 0.3) is 4.85 Å². The molecule has 0 bridgehead atoms. The SMILES string of the molecule is [C-]#[N+]C(CC)c1ccsc1. The van der Waals surface area contributed by atoms with Crippen LogP contribution in [0.4, 0.5) is 0 Å². The summed E-state index contributed by atoms with van der Waals surface area (Å²) in [5.41, 5.74) is 1.17. The largest absolute Gasteiger partial charge is 0.308 e. The first-order valence-electron chi connectivity index (χ1n) is 3.27. The van der Waals surface area contributed by atoms with E-state index in [1.54, 1.807) is 11.3 Å². The van der Waals surface area contributed by atoms with Crippen molar-refractivity contribution in [1.29, 1.82) is 0 Å². The van der Waals surface area contributed by atoms with E-state index in [1.165, 1.54) is 5.56 Å². The van der Waals surface area contributed by atoms with Crippen molar-refractivity contribution in [2.24, 2.45) is 0 Å². The van der Waals surface area contributed by atoms with E-state index < -0.39 is 0 Å². The lowest BCUT2D eigenvalue weighted by Gasteiger charge is -1.95. The molecule has 1 unspecified atom stereocenters. The van der Waals surface area contributed by atoms with E-state index in [4.69, 9.17) is 6.57 Å². The van der Waals surface area contributed by atoms with E-state index in [2.05, 4.69) is 4.85 Å². The molecule has 10 heavy (non-hydrogen) atoms. The van der Waals surface area contributed by atoms with Gasteiger partial charge in [0.1, 0.15) is 0 Å². The molecule has 0 saturated carbocycles. The summed E-state index contributed by atoms with van der Waals surface area (Å²) in [6.45, 7) is 8.91. The fraction of sp³-hybridized carbons (Fsp3) is 0.375. The van der Waals surface area contributed by atoms with Gasteiger partial charge in [-0.15, -0.1) is 0 Å². The third-order valence-corrected chi connectivity index (χ3v) is 2.17. The van der Waals surface area contributed by atoms with E-state index in [9.17, 15) is 0 Å². The third-order valence-electron chi connectivity index (χ3n) is 1.47. The number of nitrogens with zero attached hydrogens (tertiary/aromatic N) is 1. The summed E-state index contributed by atoms with van der Waals surface area (Å²) >= 11 is 1.66. The lowest BCUT2D eigenvalue weighted by atomic mass is 10.1. The summed E-state index contributed by atoms with van der Waals surface area (Å²) in [4.78, 5) is 3.51. The molecule has 0 fully saturated rings. The molecule has 1 aromatic heterocycles. The van der Waals surface area contributed by atoms with Crippen LogP contribution in [-0.2, 0) is 0 Å². The summed E-state index contributed by atoms with van der Waals surface area (Å²) in [7, 11) is 0. The van der Waals surface area contributed by atoms with Crippen LogP contribution < -0.4 is 0 Å². The predicted octanol–water partition coefficient (Wildman–Crippen LogP) is 3.12. The molecule has 52 valence electrons. The van der Waals surface area contributed by atoms with E-state index in [0.717, 1.165) is 6.42 Å². The molecule has 0 aromatic carbocycles. The molecule has 0 aliphatic carbocycles. The van der Waals surface area contributed by atoms with Gasteiger partial charge in [-0.05, 0) is 11.4 Å².